The number of nitrogens with zero attached hydrogens (tertiary/aromatic N) is 3. The number of rotatable bonds is 4. The molecule has 0 saturated carbocycles. The maximum atomic E-state index is 13.1. The summed E-state index contributed by atoms with van der Waals surface area (Å²) < 4.78 is 0. The number of hydrogen-bond donors (Lipinski definition) is 0. The van der Waals surface area contributed by atoms with Gasteiger partial charge in [-0.05, 0) is 90.2 Å². The third kappa shape index (κ3) is 4.59. The highest BCUT2D eigenvalue weighted by Gasteiger charge is 2.22. The number of carbonyl (C=O) groups is 1. The molecular weight excluding hydrogens is 418 g/mol. The molecule has 0 N–H and O–H groups in total. The normalized spacial score (nSPS) is 14.5. The zero-order valence-electron chi connectivity index (χ0n) is 20.2. The fraction of sp³-hybridized carbons (Fsp3) is 0.267. The van der Waals surface area contributed by atoms with Crippen LogP contribution in [-0.2, 0) is 6.54 Å². The number of piperazine rings is 1. The molecular formula is C30H31N3O. The van der Waals surface area contributed by atoms with Crippen molar-refractivity contribution in [2.45, 2.75) is 27.3 Å². The van der Waals surface area contributed by atoms with Gasteiger partial charge in [0, 0.05) is 50.0 Å². The summed E-state index contributed by atoms with van der Waals surface area (Å²) in [6.45, 7) is 10.6. The molecule has 4 heteroatoms. The Morgan fingerprint density at radius 2 is 1.53 bits per heavy atom. The first-order chi connectivity index (χ1) is 16.5. The molecule has 0 atom stereocenters. The van der Waals surface area contributed by atoms with E-state index in [1.54, 1.807) is 0 Å². The van der Waals surface area contributed by atoms with Crippen molar-refractivity contribution in [1.82, 2.24) is 14.8 Å². The summed E-state index contributed by atoms with van der Waals surface area (Å²) >= 11 is 0. The number of benzene rings is 3. The van der Waals surface area contributed by atoms with Gasteiger partial charge in [0.1, 0.15) is 0 Å². The molecule has 4 nitrogen and oxygen atoms in total. The molecule has 1 aromatic heterocycles. The van der Waals surface area contributed by atoms with Crippen LogP contribution in [0.4, 0.5) is 0 Å². The molecule has 1 fully saturated rings. The first-order valence-corrected chi connectivity index (χ1v) is 12.0. The third-order valence-corrected chi connectivity index (χ3v) is 7.11. The van der Waals surface area contributed by atoms with Crippen LogP contribution in [0.15, 0.2) is 72.9 Å². The molecule has 34 heavy (non-hydrogen) atoms. The Balaban J connectivity index is 1.23. The minimum Gasteiger partial charge on any atom is -0.336 e. The van der Waals surface area contributed by atoms with Crippen molar-refractivity contribution >= 4 is 16.7 Å². The van der Waals surface area contributed by atoms with Gasteiger partial charge in [-0.15, -0.1) is 0 Å². The molecule has 1 amide bonds. The van der Waals surface area contributed by atoms with E-state index in [4.69, 9.17) is 0 Å². The van der Waals surface area contributed by atoms with Crippen molar-refractivity contribution in [3.63, 3.8) is 0 Å². The molecule has 0 aliphatic carbocycles. The quantitative estimate of drug-likeness (QED) is 0.396. The average Bonchev–Trinajstić information content (AvgIpc) is 2.87. The van der Waals surface area contributed by atoms with Gasteiger partial charge in [-0.2, -0.15) is 0 Å². The Bertz CT molecular complexity index is 1330. The van der Waals surface area contributed by atoms with Crippen molar-refractivity contribution in [2.24, 2.45) is 0 Å². The standard InChI is InChI=1S/C30H31N3O/c1-21-16-28(17-22(2)23(21)3)29-18-24(10-11-31-29)20-32-12-14-33(15-13-32)30(34)27-9-8-25-6-4-5-7-26(25)19-27/h4-11,16-19H,12-15,20H2,1-3H3. The summed E-state index contributed by atoms with van der Waals surface area (Å²) in [5.41, 5.74) is 8.17. The molecule has 1 aliphatic rings. The summed E-state index contributed by atoms with van der Waals surface area (Å²) in [6, 6.07) is 22.9. The van der Waals surface area contributed by atoms with E-state index < -0.39 is 0 Å². The summed E-state index contributed by atoms with van der Waals surface area (Å²) in [4.78, 5) is 22.1. The monoisotopic (exact) mass is 449 g/mol. The Hall–Kier alpha value is -3.50. The van der Waals surface area contributed by atoms with Crippen molar-refractivity contribution in [3.8, 4) is 11.3 Å². The summed E-state index contributed by atoms with van der Waals surface area (Å²) in [6.07, 6.45) is 1.91. The molecule has 5 rings (SSSR count). The number of aromatic nitrogens is 1. The lowest BCUT2D eigenvalue weighted by molar-refractivity contribution is 0.0628. The van der Waals surface area contributed by atoms with Crippen molar-refractivity contribution < 1.29 is 4.79 Å². The molecule has 2 heterocycles. The summed E-state index contributed by atoms with van der Waals surface area (Å²) in [5.74, 6) is 0.127. The van der Waals surface area contributed by atoms with Crippen molar-refractivity contribution in [1.29, 1.82) is 0 Å². The van der Waals surface area contributed by atoms with Crippen LogP contribution in [0.5, 0.6) is 0 Å². The highest BCUT2D eigenvalue weighted by molar-refractivity contribution is 5.98. The number of fused-ring (bicyclic) bond motifs is 1. The predicted octanol–water partition coefficient (Wildman–Crippen LogP) is 5.79. The molecule has 4 aromatic rings. The molecule has 0 bridgehead atoms. The van der Waals surface area contributed by atoms with Crippen molar-refractivity contribution in [3.05, 3.63) is 101 Å². The van der Waals surface area contributed by atoms with E-state index in [-0.39, 0.29) is 5.91 Å². The van der Waals surface area contributed by atoms with Gasteiger partial charge >= 0.3 is 0 Å². The lowest BCUT2D eigenvalue weighted by Crippen LogP contribution is -2.48. The zero-order valence-corrected chi connectivity index (χ0v) is 20.2. The van der Waals surface area contributed by atoms with Gasteiger partial charge < -0.3 is 4.90 Å². The lowest BCUT2D eigenvalue weighted by atomic mass is 9.98. The summed E-state index contributed by atoms with van der Waals surface area (Å²) in [7, 11) is 0. The van der Waals surface area contributed by atoms with E-state index >= 15 is 0 Å². The molecule has 3 aromatic carbocycles. The van der Waals surface area contributed by atoms with Crippen LogP contribution in [-0.4, -0.2) is 46.9 Å². The second-order valence-electron chi connectivity index (χ2n) is 9.41. The van der Waals surface area contributed by atoms with Crippen LogP contribution in [0.2, 0.25) is 0 Å². The van der Waals surface area contributed by atoms with Crippen molar-refractivity contribution in [2.75, 3.05) is 26.2 Å². The Kier molecular flexibility index (Phi) is 6.16. The molecule has 172 valence electrons. The number of aryl methyl sites for hydroxylation is 2. The number of amides is 1. The van der Waals surface area contributed by atoms with Crippen LogP contribution in [0.1, 0.15) is 32.6 Å². The van der Waals surface area contributed by atoms with E-state index in [1.807, 2.05) is 41.4 Å². The first kappa shape index (κ1) is 22.3. The van der Waals surface area contributed by atoms with Crippen LogP contribution in [0.25, 0.3) is 22.0 Å². The van der Waals surface area contributed by atoms with Gasteiger partial charge in [0.15, 0.2) is 0 Å². The average molecular weight is 450 g/mol. The second-order valence-corrected chi connectivity index (χ2v) is 9.41. The lowest BCUT2D eigenvalue weighted by Gasteiger charge is -2.35. The largest absolute Gasteiger partial charge is 0.336 e. The Morgan fingerprint density at radius 1 is 0.824 bits per heavy atom. The van der Waals surface area contributed by atoms with E-state index in [0.717, 1.165) is 54.8 Å². The second kappa shape index (κ2) is 9.40. The van der Waals surface area contributed by atoms with Gasteiger partial charge in [-0.3, -0.25) is 14.7 Å². The Labute approximate surface area is 201 Å². The number of pyridine rings is 1. The minimum atomic E-state index is 0.127. The van der Waals surface area contributed by atoms with Crippen LogP contribution >= 0.6 is 0 Å². The topological polar surface area (TPSA) is 36.4 Å². The highest BCUT2D eigenvalue weighted by Crippen LogP contribution is 2.25. The van der Waals surface area contributed by atoms with E-state index in [1.165, 1.54) is 27.8 Å². The van der Waals surface area contributed by atoms with E-state index in [0.29, 0.717) is 0 Å². The number of carbonyl (C=O) groups excluding carboxylic acids is 1. The fourth-order valence-electron chi connectivity index (χ4n) is 4.79. The highest BCUT2D eigenvalue weighted by atomic mass is 16.2. The minimum absolute atomic E-state index is 0.127. The SMILES string of the molecule is Cc1cc(-c2cc(CN3CCN(C(=O)c4ccc5ccccc5c4)CC3)ccn2)cc(C)c1C. The van der Waals surface area contributed by atoms with Gasteiger partial charge in [0.2, 0.25) is 0 Å². The summed E-state index contributed by atoms with van der Waals surface area (Å²) in [5, 5.41) is 2.27. The van der Waals surface area contributed by atoms with Crippen LogP contribution in [0.3, 0.4) is 0 Å². The Morgan fingerprint density at radius 3 is 2.26 bits per heavy atom. The maximum Gasteiger partial charge on any atom is 0.253 e. The smallest absolute Gasteiger partial charge is 0.253 e. The van der Waals surface area contributed by atoms with Gasteiger partial charge in [-0.1, -0.05) is 30.3 Å². The fourth-order valence-corrected chi connectivity index (χ4v) is 4.79. The molecule has 0 radical (unpaired) electrons. The van der Waals surface area contributed by atoms with E-state index in [2.05, 4.69) is 67.1 Å². The van der Waals surface area contributed by atoms with Gasteiger partial charge in [0.25, 0.3) is 5.91 Å². The maximum absolute atomic E-state index is 13.1. The molecule has 0 unspecified atom stereocenters. The van der Waals surface area contributed by atoms with Crippen LogP contribution < -0.4 is 0 Å². The molecule has 0 spiro atoms. The third-order valence-electron chi connectivity index (χ3n) is 7.11. The van der Waals surface area contributed by atoms with Gasteiger partial charge in [-0.25, -0.2) is 0 Å². The predicted molar refractivity (Wildman–Crippen MR) is 139 cm³/mol. The van der Waals surface area contributed by atoms with Gasteiger partial charge in [0.05, 0.1) is 5.69 Å². The molecule has 1 saturated heterocycles. The number of hydrogen-bond acceptors (Lipinski definition) is 3. The zero-order chi connectivity index (χ0) is 23.7. The molecule has 1 aliphatic heterocycles. The van der Waals surface area contributed by atoms with Crippen LogP contribution in [0, 0.1) is 20.8 Å². The first-order valence-electron chi connectivity index (χ1n) is 12.0. The van der Waals surface area contributed by atoms with E-state index in [9.17, 15) is 4.79 Å².